The second-order valence-corrected chi connectivity index (χ2v) is 6.99. The normalized spacial score (nSPS) is 14.1. The van der Waals surface area contributed by atoms with Crippen LogP contribution < -0.4 is 9.62 Å². The fourth-order valence-corrected chi connectivity index (χ4v) is 3.14. The van der Waals surface area contributed by atoms with E-state index in [1.165, 1.54) is 35.4 Å². The molecule has 0 fully saturated rings. The summed E-state index contributed by atoms with van der Waals surface area (Å²) in [4.78, 5) is 25.0. The predicted octanol–water partition coefficient (Wildman–Crippen LogP) is 1.22. The highest BCUT2D eigenvalue weighted by molar-refractivity contribution is 7.89. The molecule has 0 aromatic heterocycles. The molecule has 0 spiro atoms. The number of carbonyl (C=O) groups excluding carboxylic acids is 2. The molecule has 0 radical (unpaired) electrons. The molecule has 1 aliphatic rings. The summed E-state index contributed by atoms with van der Waals surface area (Å²) in [6, 6.07) is 3.24. The molecule has 10 heteroatoms. The van der Waals surface area contributed by atoms with E-state index >= 15 is 0 Å². The fraction of sp³-hybridized carbons (Fsp3) is 0.176. The summed E-state index contributed by atoms with van der Waals surface area (Å²) < 4.78 is 49.6. The van der Waals surface area contributed by atoms with Crippen molar-refractivity contribution >= 4 is 27.6 Å². The van der Waals surface area contributed by atoms with Gasteiger partial charge in [0.25, 0.3) is 0 Å². The van der Waals surface area contributed by atoms with Crippen LogP contribution in [0.4, 0.5) is 10.1 Å². The molecular formula is C17H17FN2O6S. The van der Waals surface area contributed by atoms with Crippen LogP contribution in [0, 0.1) is 5.82 Å². The molecule has 144 valence electrons. The number of ether oxygens (including phenoxy) is 2. The molecule has 1 aromatic carbocycles. The molecule has 27 heavy (non-hydrogen) atoms. The molecule has 0 unspecified atom stereocenters. The number of rotatable bonds is 5. The molecule has 0 saturated carbocycles. The van der Waals surface area contributed by atoms with E-state index in [0.717, 1.165) is 33.4 Å². The molecule has 1 aromatic rings. The minimum atomic E-state index is -4.09. The van der Waals surface area contributed by atoms with Gasteiger partial charge in [0.15, 0.2) is 0 Å². The lowest BCUT2D eigenvalue weighted by Crippen LogP contribution is -2.27. The maximum absolute atomic E-state index is 14.0. The van der Waals surface area contributed by atoms with Crippen LogP contribution in [-0.2, 0) is 29.1 Å². The molecule has 0 aliphatic carbocycles. The molecule has 0 bridgehead atoms. The third-order valence-electron chi connectivity index (χ3n) is 3.64. The molecule has 2 rings (SSSR count). The molecule has 0 saturated heterocycles. The van der Waals surface area contributed by atoms with E-state index in [4.69, 9.17) is 9.47 Å². The second kappa shape index (κ2) is 8.14. The molecule has 8 nitrogen and oxygen atoms in total. The zero-order chi connectivity index (χ0) is 20.2. The monoisotopic (exact) mass is 396 g/mol. The predicted molar refractivity (Wildman–Crippen MR) is 94.5 cm³/mol. The summed E-state index contributed by atoms with van der Waals surface area (Å²) in [5.41, 5.74) is -0.211. The van der Waals surface area contributed by atoms with Gasteiger partial charge in [0, 0.05) is 11.9 Å². The van der Waals surface area contributed by atoms with E-state index in [1.807, 2.05) is 4.72 Å². The van der Waals surface area contributed by atoms with Crippen LogP contribution in [0.15, 0.2) is 58.8 Å². The van der Waals surface area contributed by atoms with Crippen molar-refractivity contribution in [1.82, 2.24) is 4.72 Å². The van der Waals surface area contributed by atoms with Gasteiger partial charge in [-0.05, 0) is 37.4 Å². The third-order valence-corrected chi connectivity index (χ3v) is 5.07. The van der Waals surface area contributed by atoms with Crippen LogP contribution in [0.1, 0.15) is 0 Å². The van der Waals surface area contributed by atoms with Crippen molar-refractivity contribution in [3.8, 4) is 0 Å². The largest absolute Gasteiger partial charge is 0.465 e. The molecular weight excluding hydrogens is 379 g/mol. The number of halogens is 1. The van der Waals surface area contributed by atoms with E-state index in [1.54, 1.807) is 0 Å². The van der Waals surface area contributed by atoms with Gasteiger partial charge in [-0.15, -0.1) is 0 Å². The first-order valence-corrected chi connectivity index (χ1v) is 9.03. The highest BCUT2D eigenvalue weighted by atomic mass is 32.2. The topological polar surface area (TPSA) is 102 Å². The SMILES string of the molecule is CNS(=O)(=O)c1cc(N2C=CC=CC(C(=O)OC)=C2C(=O)OC)ccc1F. The number of esters is 2. The number of carbonyl (C=O) groups is 2. The summed E-state index contributed by atoms with van der Waals surface area (Å²) in [7, 11) is -0.671. The van der Waals surface area contributed by atoms with Crippen molar-refractivity contribution in [1.29, 1.82) is 0 Å². The first-order valence-electron chi connectivity index (χ1n) is 7.55. The van der Waals surface area contributed by atoms with Gasteiger partial charge in [-0.1, -0.05) is 6.08 Å². The van der Waals surface area contributed by atoms with Crippen LogP contribution >= 0.6 is 0 Å². The summed E-state index contributed by atoms with van der Waals surface area (Å²) in [5, 5.41) is 0. The third kappa shape index (κ3) is 4.07. The van der Waals surface area contributed by atoms with Crippen molar-refractivity contribution in [3.63, 3.8) is 0 Å². The maximum Gasteiger partial charge on any atom is 0.355 e. The van der Waals surface area contributed by atoms with Gasteiger partial charge in [-0.3, -0.25) is 0 Å². The minimum absolute atomic E-state index is 0.114. The average molecular weight is 396 g/mol. The Kier molecular flexibility index (Phi) is 6.13. The molecule has 1 heterocycles. The zero-order valence-corrected chi connectivity index (χ0v) is 15.5. The van der Waals surface area contributed by atoms with Crippen LogP contribution in [0.3, 0.4) is 0 Å². The number of benzene rings is 1. The molecule has 1 aliphatic heterocycles. The smallest absolute Gasteiger partial charge is 0.355 e. The number of hydrogen-bond acceptors (Lipinski definition) is 7. The summed E-state index contributed by atoms with van der Waals surface area (Å²) >= 11 is 0. The maximum atomic E-state index is 14.0. The summed E-state index contributed by atoms with van der Waals surface area (Å²) in [6.45, 7) is 0. The quantitative estimate of drug-likeness (QED) is 0.747. The van der Waals surface area contributed by atoms with E-state index in [-0.39, 0.29) is 17.0 Å². The Morgan fingerprint density at radius 1 is 1.11 bits per heavy atom. The van der Waals surface area contributed by atoms with Gasteiger partial charge < -0.3 is 14.4 Å². The van der Waals surface area contributed by atoms with Crippen LogP contribution in [0.25, 0.3) is 0 Å². The number of hydrogen-bond donors (Lipinski definition) is 1. The van der Waals surface area contributed by atoms with Crippen LogP contribution in [0.2, 0.25) is 0 Å². The Balaban J connectivity index is 2.73. The second-order valence-electron chi connectivity index (χ2n) is 5.14. The van der Waals surface area contributed by atoms with Gasteiger partial charge in [0.05, 0.1) is 19.8 Å². The summed E-state index contributed by atoms with van der Waals surface area (Å²) in [6.07, 6.45) is 5.75. The van der Waals surface area contributed by atoms with Crippen molar-refractivity contribution in [2.45, 2.75) is 4.90 Å². The van der Waals surface area contributed by atoms with E-state index < -0.39 is 32.7 Å². The Morgan fingerprint density at radius 2 is 1.78 bits per heavy atom. The minimum Gasteiger partial charge on any atom is -0.465 e. The van der Waals surface area contributed by atoms with Gasteiger partial charge >= 0.3 is 11.9 Å². The van der Waals surface area contributed by atoms with E-state index in [0.29, 0.717) is 0 Å². The van der Waals surface area contributed by atoms with Gasteiger partial charge in [0.2, 0.25) is 10.0 Å². The average Bonchev–Trinajstić information content (AvgIpc) is 2.90. The fourth-order valence-electron chi connectivity index (χ4n) is 2.32. The first-order chi connectivity index (χ1) is 12.8. The lowest BCUT2D eigenvalue weighted by atomic mass is 10.1. The van der Waals surface area contributed by atoms with Crippen molar-refractivity contribution in [2.24, 2.45) is 0 Å². The Morgan fingerprint density at radius 3 is 2.37 bits per heavy atom. The number of allylic oxidation sites excluding steroid dienone is 2. The molecule has 1 N–H and O–H groups in total. The number of nitrogens with one attached hydrogen (secondary N) is 1. The lowest BCUT2D eigenvalue weighted by molar-refractivity contribution is -0.139. The number of nitrogens with zero attached hydrogens (tertiary/aromatic N) is 1. The van der Waals surface area contributed by atoms with E-state index in [9.17, 15) is 22.4 Å². The van der Waals surface area contributed by atoms with Crippen molar-refractivity contribution in [3.05, 3.63) is 59.7 Å². The van der Waals surface area contributed by atoms with E-state index in [2.05, 4.69) is 0 Å². The Hall–Kier alpha value is -2.98. The van der Waals surface area contributed by atoms with Crippen molar-refractivity contribution < 1.29 is 31.9 Å². The Bertz CT molecular complexity index is 966. The lowest BCUT2D eigenvalue weighted by Gasteiger charge is -2.23. The highest BCUT2D eigenvalue weighted by Crippen LogP contribution is 2.29. The molecule has 0 atom stereocenters. The summed E-state index contributed by atoms with van der Waals surface area (Å²) in [5.74, 6) is -2.64. The number of anilines is 1. The van der Waals surface area contributed by atoms with Crippen LogP contribution in [-0.4, -0.2) is 41.6 Å². The number of methoxy groups -OCH3 is 2. The highest BCUT2D eigenvalue weighted by Gasteiger charge is 2.28. The standard InChI is InChI=1S/C17H17FN2O6S/c1-19-27(23,24)14-10-11(7-8-13(14)18)20-9-5-4-6-12(16(21)25-2)15(20)17(22)26-3/h4-10,19H,1-3H3. The number of sulfonamides is 1. The van der Waals surface area contributed by atoms with Crippen LogP contribution in [0.5, 0.6) is 0 Å². The zero-order valence-electron chi connectivity index (χ0n) is 14.7. The Labute approximate surface area is 155 Å². The van der Waals surface area contributed by atoms with Crippen molar-refractivity contribution in [2.75, 3.05) is 26.2 Å². The first kappa shape index (κ1) is 20.3. The van der Waals surface area contributed by atoms with Gasteiger partial charge in [-0.25, -0.2) is 27.1 Å². The van der Waals surface area contributed by atoms with Gasteiger partial charge in [0.1, 0.15) is 16.4 Å². The van der Waals surface area contributed by atoms with Gasteiger partial charge in [-0.2, -0.15) is 0 Å². The molecule has 0 amide bonds.